The molecule has 0 aromatic heterocycles. The first-order valence-electron chi connectivity index (χ1n) is 13.6. The van der Waals surface area contributed by atoms with Crippen LogP contribution in [0.5, 0.6) is 5.75 Å². The molecule has 1 aliphatic rings. The first-order chi connectivity index (χ1) is 19.5. The highest BCUT2D eigenvalue weighted by molar-refractivity contribution is 7.89. The summed E-state index contributed by atoms with van der Waals surface area (Å²) in [6, 6.07) is 20.4. The van der Waals surface area contributed by atoms with Crippen molar-refractivity contribution < 1.29 is 27.9 Å². The third-order valence-electron chi connectivity index (χ3n) is 7.32. The van der Waals surface area contributed by atoms with Crippen LogP contribution in [0.2, 0.25) is 0 Å². The molecule has 0 saturated heterocycles. The van der Waals surface area contributed by atoms with Gasteiger partial charge in [0, 0.05) is 25.2 Å². The number of amides is 2. The number of benzene rings is 3. The summed E-state index contributed by atoms with van der Waals surface area (Å²) < 4.78 is 34.2. The van der Waals surface area contributed by atoms with Crippen LogP contribution < -0.4 is 10.1 Å². The van der Waals surface area contributed by atoms with Gasteiger partial charge in [-0.05, 0) is 49.7 Å². The monoisotopic (exact) mass is 579 g/mol. The fourth-order valence-electron chi connectivity index (χ4n) is 4.75. The quantitative estimate of drug-likeness (QED) is 0.399. The molecule has 4 rings (SSSR count). The summed E-state index contributed by atoms with van der Waals surface area (Å²) >= 11 is 0. The number of nitrogens with one attached hydrogen (secondary N) is 1. The van der Waals surface area contributed by atoms with Crippen LogP contribution >= 0.6 is 0 Å². The lowest BCUT2D eigenvalue weighted by molar-refractivity contribution is -0.115. The van der Waals surface area contributed by atoms with Crippen molar-refractivity contribution in [3.05, 3.63) is 89.5 Å². The highest BCUT2D eigenvalue weighted by Crippen LogP contribution is 2.31. The molecule has 9 nitrogen and oxygen atoms in total. The number of aliphatic hydroxyl groups excluding tert-OH is 1. The predicted octanol–water partition coefficient (Wildman–Crippen LogP) is 3.72. The maximum Gasteiger partial charge on any atom is 0.258 e. The number of aryl methyl sites for hydroxylation is 1. The zero-order valence-corrected chi connectivity index (χ0v) is 24.6. The van der Waals surface area contributed by atoms with E-state index in [0.717, 1.165) is 11.1 Å². The second kappa shape index (κ2) is 12.8. The first-order valence-corrected chi connectivity index (χ1v) is 15.0. The van der Waals surface area contributed by atoms with Crippen molar-refractivity contribution in [2.45, 2.75) is 44.2 Å². The molecular formula is C31H37N3O6S. The van der Waals surface area contributed by atoms with Crippen LogP contribution in [0.3, 0.4) is 0 Å². The molecule has 3 atom stereocenters. The first kappa shape index (κ1) is 30.2. The molecular weight excluding hydrogens is 542 g/mol. The molecule has 0 aliphatic carbocycles. The highest BCUT2D eigenvalue weighted by Gasteiger charge is 2.35. The van der Waals surface area contributed by atoms with E-state index in [9.17, 15) is 23.1 Å². The summed E-state index contributed by atoms with van der Waals surface area (Å²) in [5.41, 5.74) is 2.48. The number of sulfonamides is 1. The lowest BCUT2D eigenvalue weighted by Crippen LogP contribution is -2.50. The highest BCUT2D eigenvalue weighted by atomic mass is 32.2. The van der Waals surface area contributed by atoms with Crippen molar-refractivity contribution >= 4 is 27.5 Å². The zero-order valence-electron chi connectivity index (χ0n) is 23.8. The molecule has 0 saturated carbocycles. The van der Waals surface area contributed by atoms with Crippen LogP contribution in [0, 0.1) is 12.8 Å². The molecule has 0 unspecified atom stereocenters. The Morgan fingerprint density at radius 2 is 1.80 bits per heavy atom. The largest absolute Gasteiger partial charge is 0.488 e. The molecule has 0 radical (unpaired) electrons. The Balaban J connectivity index is 1.61. The number of carbonyl (C=O) groups excluding carboxylic acids is 2. The minimum Gasteiger partial charge on any atom is -0.488 e. The maximum absolute atomic E-state index is 13.7. The minimum absolute atomic E-state index is 0.0436. The standard InChI is InChI=1S/C31H37N3O6S/c1-21-10-13-26(14-11-21)41(38,39)33(4)19-29-22(2)18-34(23(3)20-35)31(37)27-17-25(12-15-28(27)40-29)32-30(36)16-24-8-6-5-7-9-24/h5-15,17,22-23,29,35H,16,18-20H2,1-4H3,(H,32,36)/t22-,23-,29+/m1/s1. The van der Waals surface area contributed by atoms with Gasteiger partial charge in [-0.3, -0.25) is 9.59 Å². The van der Waals surface area contributed by atoms with Crippen molar-refractivity contribution in [2.24, 2.45) is 5.92 Å². The van der Waals surface area contributed by atoms with Gasteiger partial charge in [0.05, 0.1) is 36.1 Å². The van der Waals surface area contributed by atoms with Crippen LogP contribution in [-0.2, 0) is 21.2 Å². The Hall–Kier alpha value is -3.73. The van der Waals surface area contributed by atoms with Gasteiger partial charge >= 0.3 is 0 Å². The van der Waals surface area contributed by atoms with Crippen molar-refractivity contribution in [3.63, 3.8) is 0 Å². The second-order valence-corrected chi connectivity index (χ2v) is 12.7. The number of ether oxygens (including phenoxy) is 1. The molecule has 2 amide bonds. The molecule has 2 N–H and O–H groups in total. The number of aliphatic hydroxyl groups is 1. The molecule has 3 aromatic rings. The summed E-state index contributed by atoms with van der Waals surface area (Å²) in [6.45, 7) is 5.58. The van der Waals surface area contributed by atoms with Gasteiger partial charge in [0.25, 0.3) is 5.91 Å². The summed E-state index contributed by atoms with van der Waals surface area (Å²) in [6.07, 6.45) is -0.420. The number of fused-ring (bicyclic) bond motifs is 1. The predicted molar refractivity (Wildman–Crippen MR) is 157 cm³/mol. The van der Waals surface area contributed by atoms with Crippen molar-refractivity contribution in [1.29, 1.82) is 0 Å². The smallest absolute Gasteiger partial charge is 0.258 e. The average Bonchev–Trinajstić information content (AvgIpc) is 2.95. The molecule has 1 aliphatic heterocycles. The van der Waals surface area contributed by atoms with Gasteiger partial charge in [0.1, 0.15) is 11.9 Å². The fraction of sp³-hybridized carbons (Fsp3) is 0.355. The number of carbonyl (C=O) groups is 2. The molecule has 218 valence electrons. The number of hydrogen-bond donors (Lipinski definition) is 2. The van der Waals surface area contributed by atoms with Gasteiger partial charge in [0.15, 0.2) is 0 Å². The van der Waals surface area contributed by atoms with Crippen molar-refractivity contribution in [2.75, 3.05) is 32.1 Å². The number of likely N-dealkylation sites (N-methyl/N-ethyl adjacent to an activating group) is 1. The van der Waals surface area contributed by atoms with Gasteiger partial charge in [-0.1, -0.05) is 55.0 Å². The van der Waals surface area contributed by atoms with Crippen LogP contribution in [0.25, 0.3) is 0 Å². The van der Waals surface area contributed by atoms with Crippen molar-refractivity contribution in [3.8, 4) is 5.75 Å². The summed E-state index contributed by atoms with van der Waals surface area (Å²) in [4.78, 5) is 28.1. The topological polar surface area (TPSA) is 116 Å². The molecule has 41 heavy (non-hydrogen) atoms. The Morgan fingerprint density at radius 3 is 2.46 bits per heavy atom. The number of hydrogen-bond acceptors (Lipinski definition) is 6. The fourth-order valence-corrected chi connectivity index (χ4v) is 5.93. The molecule has 0 bridgehead atoms. The van der Waals surface area contributed by atoms with E-state index in [-0.39, 0.29) is 60.1 Å². The third kappa shape index (κ3) is 7.13. The van der Waals surface area contributed by atoms with E-state index in [2.05, 4.69) is 5.32 Å². The van der Waals surface area contributed by atoms with Gasteiger partial charge in [-0.15, -0.1) is 0 Å². The van der Waals surface area contributed by atoms with Crippen LogP contribution in [-0.4, -0.2) is 73.4 Å². The number of nitrogens with zero attached hydrogens (tertiary/aromatic N) is 2. The van der Waals surface area contributed by atoms with E-state index >= 15 is 0 Å². The third-order valence-corrected chi connectivity index (χ3v) is 9.16. The van der Waals surface area contributed by atoms with E-state index in [1.54, 1.807) is 54.3 Å². The summed E-state index contributed by atoms with van der Waals surface area (Å²) in [5, 5.41) is 12.8. The van der Waals surface area contributed by atoms with E-state index in [1.165, 1.54) is 11.4 Å². The maximum atomic E-state index is 13.7. The van der Waals surface area contributed by atoms with E-state index in [1.807, 2.05) is 44.2 Å². The Bertz CT molecular complexity index is 1480. The zero-order chi connectivity index (χ0) is 29.7. The molecule has 3 aromatic carbocycles. The lowest BCUT2D eigenvalue weighted by atomic mass is 9.99. The number of rotatable bonds is 9. The SMILES string of the molecule is Cc1ccc(S(=O)(=O)N(C)C[C@@H]2Oc3ccc(NC(=O)Cc4ccccc4)cc3C(=O)N([C@H](C)CO)C[C@H]2C)cc1. The summed E-state index contributed by atoms with van der Waals surface area (Å²) in [5.74, 6) is -0.553. The van der Waals surface area contributed by atoms with Gasteiger partial charge in [-0.2, -0.15) is 4.31 Å². The normalized spacial score (nSPS) is 18.2. The lowest BCUT2D eigenvalue weighted by Gasteiger charge is -2.38. The molecule has 10 heteroatoms. The van der Waals surface area contributed by atoms with Crippen LogP contribution in [0.1, 0.15) is 35.3 Å². The second-order valence-electron chi connectivity index (χ2n) is 10.6. The number of anilines is 1. The van der Waals surface area contributed by atoms with E-state index in [4.69, 9.17) is 4.74 Å². The van der Waals surface area contributed by atoms with Crippen molar-refractivity contribution in [1.82, 2.24) is 9.21 Å². The minimum atomic E-state index is -3.78. The molecule has 0 spiro atoms. The van der Waals surface area contributed by atoms with E-state index < -0.39 is 22.2 Å². The Kier molecular flexibility index (Phi) is 9.47. The Morgan fingerprint density at radius 1 is 1.12 bits per heavy atom. The average molecular weight is 580 g/mol. The Labute approximate surface area is 241 Å². The molecule has 0 fully saturated rings. The van der Waals surface area contributed by atoms with Gasteiger partial charge in [-0.25, -0.2) is 8.42 Å². The van der Waals surface area contributed by atoms with Crippen LogP contribution in [0.4, 0.5) is 5.69 Å². The van der Waals surface area contributed by atoms with Crippen LogP contribution in [0.15, 0.2) is 77.7 Å². The van der Waals surface area contributed by atoms with Gasteiger partial charge in [0.2, 0.25) is 15.9 Å². The molecule has 1 heterocycles. The van der Waals surface area contributed by atoms with Gasteiger partial charge < -0.3 is 20.1 Å². The van der Waals surface area contributed by atoms with E-state index in [0.29, 0.717) is 5.69 Å². The summed E-state index contributed by atoms with van der Waals surface area (Å²) in [7, 11) is -2.27.